The van der Waals surface area contributed by atoms with Crippen LogP contribution in [0.2, 0.25) is 0 Å². The Morgan fingerprint density at radius 1 is 1.36 bits per heavy atom. The van der Waals surface area contributed by atoms with Gasteiger partial charge in [0, 0.05) is 4.90 Å². The van der Waals surface area contributed by atoms with E-state index in [4.69, 9.17) is 0 Å². The minimum absolute atomic E-state index is 0.370. The van der Waals surface area contributed by atoms with Crippen LogP contribution in [-0.2, 0) is 9.47 Å². The largest absolute Gasteiger partial charge is 0.512 e. The average molecular weight is 214 g/mol. The molecule has 1 aliphatic heterocycles. The monoisotopic (exact) mass is 214 g/mol. The fourth-order valence-corrected chi connectivity index (χ4v) is 1.92. The first-order chi connectivity index (χ1) is 6.68. The quantitative estimate of drug-likeness (QED) is 0.709. The van der Waals surface area contributed by atoms with Crippen LogP contribution >= 0.6 is 11.8 Å². The summed E-state index contributed by atoms with van der Waals surface area (Å²) in [6.07, 6.45) is -0.962. The van der Waals surface area contributed by atoms with Crippen molar-refractivity contribution in [2.24, 2.45) is 0 Å². The highest BCUT2D eigenvalue weighted by molar-refractivity contribution is 8.00. The number of hydrogen-bond donors (Lipinski definition) is 0. The zero-order valence-electron chi connectivity index (χ0n) is 7.10. The number of carbonyl (C=O) groups is 1. The Bertz CT molecular complexity index is 343. The molecule has 0 aromatic heterocycles. The second-order valence-corrected chi connectivity index (χ2v) is 4.00. The molecule has 1 saturated heterocycles. The van der Waals surface area contributed by atoms with E-state index in [1.54, 1.807) is 24.3 Å². The van der Waals surface area contributed by atoms with Crippen LogP contribution < -0.4 is 0 Å². The van der Waals surface area contributed by atoms with Crippen molar-refractivity contribution in [1.82, 2.24) is 0 Å². The summed E-state index contributed by atoms with van der Waals surface area (Å²) in [7, 11) is 0. The maximum absolute atomic E-state index is 13.6. The summed E-state index contributed by atoms with van der Waals surface area (Å²) in [5.74, 6) is 0. The van der Waals surface area contributed by atoms with E-state index in [0.717, 1.165) is 11.8 Å². The van der Waals surface area contributed by atoms with Crippen molar-refractivity contribution in [2.45, 2.75) is 10.1 Å². The molecule has 0 radical (unpaired) electrons. The Balaban J connectivity index is 2.08. The molecule has 1 atom stereocenters. The van der Waals surface area contributed by atoms with E-state index in [1.165, 1.54) is 0 Å². The zero-order chi connectivity index (χ0) is 10.0. The van der Waals surface area contributed by atoms with Crippen molar-refractivity contribution in [2.75, 3.05) is 6.61 Å². The lowest BCUT2D eigenvalue weighted by molar-refractivity contribution is 0.0260. The van der Waals surface area contributed by atoms with Gasteiger partial charge in [0.2, 0.25) is 0 Å². The molecule has 0 spiro atoms. The third-order valence-electron chi connectivity index (χ3n) is 1.61. The summed E-state index contributed by atoms with van der Waals surface area (Å²) in [6.45, 7) is -0.370. The first-order valence-corrected chi connectivity index (χ1v) is 4.78. The van der Waals surface area contributed by atoms with Crippen molar-refractivity contribution >= 4 is 17.9 Å². The summed E-state index contributed by atoms with van der Waals surface area (Å²) in [5, 5.41) is -2.08. The number of rotatable bonds is 2. The van der Waals surface area contributed by atoms with Gasteiger partial charge in [0.25, 0.3) is 0 Å². The van der Waals surface area contributed by atoms with E-state index in [9.17, 15) is 9.18 Å². The van der Waals surface area contributed by atoms with E-state index in [2.05, 4.69) is 9.47 Å². The predicted molar refractivity (Wildman–Crippen MR) is 48.6 cm³/mol. The van der Waals surface area contributed by atoms with Crippen LogP contribution in [-0.4, -0.2) is 17.9 Å². The van der Waals surface area contributed by atoms with Crippen LogP contribution in [0.3, 0.4) is 0 Å². The molecule has 5 heteroatoms. The van der Waals surface area contributed by atoms with Gasteiger partial charge >= 0.3 is 11.3 Å². The van der Waals surface area contributed by atoms with E-state index in [0.29, 0.717) is 4.90 Å². The molecule has 0 saturated carbocycles. The van der Waals surface area contributed by atoms with Gasteiger partial charge in [-0.3, -0.25) is 0 Å². The summed E-state index contributed by atoms with van der Waals surface area (Å²) in [6, 6.07) is 8.86. The highest BCUT2D eigenvalue weighted by atomic mass is 32.2. The van der Waals surface area contributed by atoms with Gasteiger partial charge in [0.15, 0.2) is 6.61 Å². The number of ether oxygens (including phenoxy) is 2. The standard InChI is InChI=1S/C9H7FO3S/c10-9(6-12-8(11)13-9)14-7-4-2-1-3-5-7/h1-5H,6H2. The SMILES string of the molecule is O=C1OCC(F)(Sc2ccccc2)O1. The van der Waals surface area contributed by atoms with E-state index < -0.39 is 11.3 Å². The molecule has 1 unspecified atom stereocenters. The van der Waals surface area contributed by atoms with Crippen molar-refractivity contribution in [3.05, 3.63) is 30.3 Å². The van der Waals surface area contributed by atoms with E-state index >= 15 is 0 Å². The highest BCUT2D eigenvalue weighted by Gasteiger charge is 2.44. The second kappa shape index (κ2) is 3.49. The smallest absolute Gasteiger partial charge is 0.426 e. The molecular weight excluding hydrogens is 207 g/mol. The topological polar surface area (TPSA) is 35.5 Å². The molecule has 1 aromatic rings. The fourth-order valence-electron chi connectivity index (χ4n) is 1.04. The van der Waals surface area contributed by atoms with Gasteiger partial charge in [-0.05, 0) is 23.9 Å². The third kappa shape index (κ3) is 1.98. The van der Waals surface area contributed by atoms with Crippen LogP contribution in [0.25, 0.3) is 0 Å². The number of carbonyl (C=O) groups excluding carboxylic acids is 1. The predicted octanol–water partition coefficient (Wildman–Crippen LogP) is 2.57. The summed E-state index contributed by atoms with van der Waals surface area (Å²) in [5.41, 5.74) is 0. The van der Waals surface area contributed by atoms with Crippen molar-refractivity contribution in [3.63, 3.8) is 0 Å². The maximum Gasteiger partial charge on any atom is 0.512 e. The van der Waals surface area contributed by atoms with Gasteiger partial charge in [-0.2, -0.15) is 4.39 Å². The maximum atomic E-state index is 13.6. The molecule has 0 N–H and O–H groups in total. The first-order valence-electron chi connectivity index (χ1n) is 3.97. The molecule has 0 bridgehead atoms. The minimum atomic E-state index is -2.08. The molecule has 1 fully saturated rings. The Kier molecular flexibility index (Phi) is 2.33. The van der Waals surface area contributed by atoms with Gasteiger partial charge in [-0.15, -0.1) is 0 Å². The first kappa shape index (κ1) is 9.33. The third-order valence-corrected chi connectivity index (χ3v) is 2.63. The number of halogens is 1. The Labute approximate surface area is 84.2 Å². The summed E-state index contributed by atoms with van der Waals surface area (Å²) in [4.78, 5) is 11.2. The van der Waals surface area contributed by atoms with Crippen molar-refractivity contribution < 1.29 is 18.7 Å². The summed E-state index contributed by atoms with van der Waals surface area (Å²) < 4.78 is 22.4. The van der Waals surface area contributed by atoms with Crippen LogP contribution in [0.5, 0.6) is 0 Å². The van der Waals surface area contributed by atoms with Gasteiger partial charge in [0.1, 0.15) is 0 Å². The van der Waals surface area contributed by atoms with Gasteiger partial charge in [-0.1, -0.05) is 18.2 Å². The van der Waals surface area contributed by atoms with Crippen LogP contribution in [0.4, 0.5) is 9.18 Å². The van der Waals surface area contributed by atoms with Crippen molar-refractivity contribution in [1.29, 1.82) is 0 Å². The van der Waals surface area contributed by atoms with Crippen LogP contribution in [0, 0.1) is 0 Å². The minimum Gasteiger partial charge on any atom is -0.426 e. The number of thioether (sulfide) groups is 1. The zero-order valence-corrected chi connectivity index (χ0v) is 7.92. The number of benzene rings is 1. The Morgan fingerprint density at radius 2 is 2.07 bits per heavy atom. The molecule has 3 nitrogen and oxygen atoms in total. The molecule has 1 heterocycles. The van der Waals surface area contributed by atoms with E-state index in [-0.39, 0.29) is 6.61 Å². The molecule has 74 valence electrons. The number of cyclic esters (lactones) is 2. The van der Waals surface area contributed by atoms with Gasteiger partial charge in [-0.25, -0.2) is 4.79 Å². The normalized spacial score (nSPS) is 25.6. The second-order valence-electron chi connectivity index (χ2n) is 2.72. The van der Waals surface area contributed by atoms with Crippen LogP contribution in [0.1, 0.15) is 0 Å². The van der Waals surface area contributed by atoms with Gasteiger partial charge in [0.05, 0.1) is 0 Å². The number of alkyl halides is 1. The van der Waals surface area contributed by atoms with Crippen LogP contribution in [0.15, 0.2) is 35.2 Å². The summed E-state index contributed by atoms with van der Waals surface area (Å²) >= 11 is 0.823. The Hall–Kier alpha value is -1.23. The highest BCUT2D eigenvalue weighted by Crippen LogP contribution is 2.38. The van der Waals surface area contributed by atoms with Gasteiger partial charge < -0.3 is 9.47 Å². The molecular formula is C9H7FO3S. The molecule has 0 amide bonds. The molecule has 2 rings (SSSR count). The van der Waals surface area contributed by atoms with E-state index in [1.807, 2.05) is 6.07 Å². The lowest BCUT2D eigenvalue weighted by Crippen LogP contribution is -2.20. The molecule has 0 aliphatic carbocycles. The number of hydrogen-bond acceptors (Lipinski definition) is 4. The molecule has 1 aromatic carbocycles. The lowest BCUT2D eigenvalue weighted by Gasteiger charge is -2.13. The average Bonchev–Trinajstić information content (AvgIpc) is 2.47. The van der Waals surface area contributed by atoms with Crippen molar-refractivity contribution in [3.8, 4) is 0 Å². The molecule has 14 heavy (non-hydrogen) atoms. The molecule has 1 aliphatic rings. The fraction of sp³-hybridized carbons (Fsp3) is 0.222. The Morgan fingerprint density at radius 3 is 2.64 bits per heavy atom. The lowest BCUT2D eigenvalue weighted by atomic mass is 10.4.